The van der Waals surface area contributed by atoms with Crippen LogP contribution in [0, 0.1) is 5.92 Å². The van der Waals surface area contributed by atoms with Gasteiger partial charge in [0.15, 0.2) is 0 Å². The Morgan fingerprint density at radius 1 is 0.411 bits per heavy atom. The molecule has 6 aromatic heterocycles. The smallest absolute Gasteiger partial charge is 0.478 e. The molecule has 14 aromatic rings. The van der Waals surface area contributed by atoms with E-state index in [4.69, 9.17) is 76.6 Å². The van der Waals surface area contributed by atoms with Crippen molar-refractivity contribution in [3.8, 4) is 79.8 Å². The number of likely N-dealkylation sites (tertiary alicyclic amines) is 3. The number of aliphatic hydroxyl groups is 1. The van der Waals surface area contributed by atoms with Crippen LogP contribution >= 0.6 is 23.2 Å². The van der Waals surface area contributed by atoms with Gasteiger partial charge in [0.25, 0.3) is 0 Å². The van der Waals surface area contributed by atoms with E-state index in [1.165, 1.54) is 36.1 Å². The zero-order valence-electron chi connectivity index (χ0n) is 80.2. The molecule has 728 valence electrons. The van der Waals surface area contributed by atoms with Crippen LogP contribution in [0.5, 0.6) is 46.0 Å². The van der Waals surface area contributed by atoms with Crippen LogP contribution in [0.2, 0.25) is 5.15 Å². The molecule has 0 bridgehead atoms. The first-order chi connectivity index (χ1) is 67.6. The molecule has 6 aliphatic rings. The number of β-amino-alcohol motifs (C(OH)–C–C–N with tert-alkyl or cyclic N) is 1. The van der Waals surface area contributed by atoms with Crippen molar-refractivity contribution in [1.29, 1.82) is 0 Å². The Labute approximate surface area is 830 Å². The van der Waals surface area contributed by atoms with Gasteiger partial charge in [-0.3, -0.25) is 4.79 Å². The van der Waals surface area contributed by atoms with E-state index < -0.39 is 29.5 Å². The number of hydrogen-bond acceptors (Lipinski definition) is 23. The van der Waals surface area contributed by atoms with Crippen molar-refractivity contribution >= 4 is 99.5 Å². The van der Waals surface area contributed by atoms with E-state index in [-0.39, 0.29) is 36.0 Å². The molecule has 20 rings (SSSR count). The Kier molecular flexibility index (Phi) is 37.0. The molecule has 4 N–H and O–H groups in total. The maximum absolute atomic E-state index is 12.3. The number of para-hydroxylation sites is 4. The van der Waals surface area contributed by atoms with Crippen LogP contribution in [0.4, 0.5) is 14.4 Å². The van der Waals surface area contributed by atoms with Crippen LogP contribution < -0.4 is 24.4 Å². The molecule has 3 amide bonds. The Hall–Kier alpha value is -15.2. The second-order valence-electron chi connectivity index (χ2n) is 36.1. The fraction of sp³-hybridized carbons (Fsp3) is 0.257. The standard InChI is InChI=1S/C26H26N4O3.C22H19N3O.C19H14N2O.C12H11BO3.C9H17NO2.C8H15NO3.C7H5ClN2.C3H3ClO.C3H4O2/c1-26(2,3)33-25(31)29-15-19(16-29)30-14-13-22-24(30)23(28-17-27-22)18-9-11-21(12-10-18)32-20-7-5-4-6-8-20;1-2-7-18(8-3-1)26-19-11-9-16(10-12-19)21-22-20(23-15-24-21)13-14-25(22)17-5-4-6-17;1-2-5-15(6-3-1)22-16-11-9-14(10-12-16)19-17-7-4-8-18(17)20-13-21-19;14-13(15)10-6-8-12(9-7-10)16-11-4-2-1-3-5-11;1-7-5-10(6-7)8(11)12-9(2,3)4;1-8(2,3)12-7(11)9-4-6(10)5-9;8-7-5-2-1-3-6(5)9-4-10-7;2*1-2-3(4)5/h4-14,17,19H,15-16H2,1-3H3;1-3,7-15,17H,4-6H2;1-6,8-13H,7H2;1-9,14-15H;7H,5-6H2,1-4H3;6,10H,4-5H2,1-3H3;1,3-4H,2H2;2H,1H2;2H,1H2,(H,4,5). The average Bonchev–Trinajstić information content (AvgIpc) is 1.65. The van der Waals surface area contributed by atoms with Crippen molar-refractivity contribution in [2.75, 3.05) is 39.3 Å². The van der Waals surface area contributed by atoms with E-state index in [2.05, 4.69) is 99.6 Å². The molecule has 141 heavy (non-hydrogen) atoms. The molecule has 3 aliphatic carbocycles. The number of aliphatic carboxylic acids is 1. The van der Waals surface area contributed by atoms with Crippen LogP contribution in [0.3, 0.4) is 0 Å². The van der Waals surface area contributed by atoms with E-state index in [1.54, 1.807) is 53.0 Å². The number of carboxylic acid groups (broad SMARTS) is 1. The minimum Gasteiger partial charge on any atom is -0.478 e. The molecule has 8 aromatic carbocycles. The Balaban J connectivity index is 0.000000149. The predicted molar refractivity (Wildman–Crippen MR) is 548 cm³/mol. The highest BCUT2D eigenvalue weighted by Gasteiger charge is 2.37. The maximum Gasteiger partial charge on any atom is 0.488 e. The summed E-state index contributed by atoms with van der Waals surface area (Å²) in [7, 11) is -1.44. The number of hydrogen-bond donors (Lipinski definition) is 4. The van der Waals surface area contributed by atoms with E-state index >= 15 is 0 Å². The lowest BCUT2D eigenvalue weighted by atomic mass is 9.80. The van der Waals surface area contributed by atoms with Crippen molar-refractivity contribution in [3.05, 3.63) is 333 Å². The van der Waals surface area contributed by atoms with Gasteiger partial charge in [-0.25, -0.2) is 59.0 Å². The highest BCUT2D eigenvalue weighted by Crippen LogP contribution is 2.40. The summed E-state index contributed by atoms with van der Waals surface area (Å²) in [6.07, 6.45) is 24.9. The fourth-order valence-corrected chi connectivity index (χ4v) is 14.7. The monoisotopic (exact) mass is 1940 g/mol. The SMILES string of the molecule is C1=Cc2ncnc(-c3ccc(Oc4ccccc4)cc3)c2C1.C=CC(=O)Cl.C=CC(=O)O.CC(C)(C)OC(=O)N1CC(O)C1.CC(C)(C)OC(=O)N1CC(n2ccc3ncnc(-c4ccc(Oc5ccccc5)cc4)c32)C1.CC1CN(C(=O)OC(C)(C)C)C1.Clc1ncnc2c1CC=C2.OB(O)c1ccc(Oc2ccccc2)cc1.c1ccc(Oc2ccc(-c3ncnc4ccn(C5CCC5)c34)cc2)cc1. The number of nitrogens with zero attached hydrogens (tertiary/aromatic N) is 13. The summed E-state index contributed by atoms with van der Waals surface area (Å²) >= 11 is 10.5. The molecule has 0 unspecified atom stereocenters. The average molecular weight is 1940 g/mol. The third-order valence-electron chi connectivity index (χ3n) is 21.5. The topological polar surface area (TPSA) is 354 Å². The number of allylic oxidation sites excluding steroid dienone is 3. The van der Waals surface area contributed by atoms with Gasteiger partial charge in [-0.15, -0.1) is 0 Å². The van der Waals surface area contributed by atoms with Gasteiger partial charge in [0, 0.05) is 78.5 Å². The largest absolute Gasteiger partial charge is 0.488 e. The molecular weight excluding hydrogens is 1830 g/mol. The zero-order valence-corrected chi connectivity index (χ0v) is 81.7. The number of aliphatic hydroxyl groups excluding tert-OH is 1. The molecule has 0 atom stereocenters. The molecule has 9 heterocycles. The highest BCUT2D eigenvalue weighted by atomic mass is 35.5. The molecule has 0 radical (unpaired) electrons. The van der Waals surface area contributed by atoms with Crippen LogP contribution in [0.25, 0.3) is 68.0 Å². The van der Waals surface area contributed by atoms with Crippen LogP contribution in [-0.4, -0.2) is 183 Å². The van der Waals surface area contributed by atoms with Crippen LogP contribution in [0.1, 0.15) is 123 Å². The first-order valence-corrected chi connectivity index (χ1v) is 46.6. The zero-order chi connectivity index (χ0) is 101. The molecule has 1 saturated carbocycles. The van der Waals surface area contributed by atoms with E-state index in [1.807, 2.05) is 275 Å². The number of amides is 3. The number of carboxylic acids is 1. The van der Waals surface area contributed by atoms with E-state index in [0.29, 0.717) is 54.5 Å². The number of ether oxygens (including phenoxy) is 7. The molecule has 0 spiro atoms. The van der Waals surface area contributed by atoms with Crippen molar-refractivity contribution in [1.82, 2.24) is 63.7 Å². The summed E-state index contributed by atoms with van der Waals surface area (Å²) in [5.74, 6) is 5.93. The first-order valence-electron chi connectivity index (χ1n) is 45.9. The highest BCUT2D eigenvalue weighted by molar-refractivity contribution is 6.66. The fourth-order valence-electron chi connectivity index (χ4n) is 14.5. The van der Waals surface area contributed by atoms with Gasteiger partial charge in [0.2, 0.25) is 5.24 Å². The van der Waals surface area contributed by atoms with E-state index in [0.717, 1.165) is 151 Å². The predicted octanol–water partition coefficient (Wildman–Crippen LogP) is 22.3. The second-order valence-corrected chi connectivity index (χ2v) is 36.8. The van der Waals surface area contributed by atoms with Gasteiger partial charge in [-0.05, 0) is 281 Å². The summed E-state index contributed by atoms with van der Waals surface area (Å²) in [5.41, 5.74) is 13.3. The summed E-state index contributed by atoms with van der Waals surface area (Å²) in [6, 6.07) is 74.2. The number of carbonyl (C=O) groups is 5. The number of benzene rings is 8. The number of fused-ring (bicyclic) bond motifs is 4. The Bertz CT molecular complexity index is 6490. The number of aromatic nitrogens is 10. The van der Waals surface area contributed by atoms with Gasteiger partial charge < -0.3 is 77.3 Å². The molecule has 29 nitrogen and oxygen atoms in total. The van der Waals surface area contributed by atoms with E-state index in [9.17, 15) is 24.0 Å². The van der Waals surface area contributed by atoms with Gasteiger partial charge in [-0.2, -0.15) is 0 Å². The lowest BCUT2D eigenvalue weighted by molar-refractivity contribution is -0.131. The van der Waals surface area contributed by atoms with Crippen molar-refractivity contribution in [2.24, 2.45) is 5.92 Å². The van der Waals surface area contributed by atoms with Crippen molar-refractivity contribution < 1.29 is 77.4 Å². The Morgan fingerprint density at radius 3 is 1.06 bits per heavy atom. The lowest BCUT2D eigenvalue weighted by Gasteiger charge is -2.40. The maximum atomic E-state index is 12.3. The summed E-state index contributed by atoms with van der Waals surface area (Å²) in [6.45, 7) is 28.6. The van der Waals surface area contributed by atoms with Crippen LogP contribution in [0.15, 0.2) is 306 Å². The van der Waals surface area contributed by atoms with Gasteiger partial charge in [0.1, 0.15) is 93.3 Å². The summed E-state index contributed by atoms with van der Waals surface area (Å²) in [5, 5.41) is 34.4. The quantitative estimate of drug-likeness (QED) is 0.0229. The third kappa shape index (κ3) is 31.7. The van der Waals surface area contributed by atoms with Crippen LogP contribution in [-0.2, 0) is 36.6 Å². The third-order valence-corrected chi connectivity index (χ3v) is 22.0. The second kappa shape index (κ2) is 49.9. The van der Waals surface area contributed by atoms with Crippen molar-refractivity contribution in [3.63, 3.8) is 0 Å². The van der Waals surface area contributed by atoms with Gasteiger partial charge in [-0.1, -0.05) is 129 Å². The summed E-state index contributed by atoms with van der Waals surface area (Å²) < 4.78 is 43.4. The minimum absolute atomic E-state index is 0.153. The Morgan fingerprint density at radius 2 is 0.730 bits per heavy atom. The molecular formula is C109H114BCl2N13O16. The normalized spacial score (nSPS) is 13.6. The molecule has 3 saturated heterocycles. The van der Waals surface area contributed by atoms with Gasteiger partial charge >= 0.3 is 31.4 Å². The number of rotatable bonds is 16. The summed E-state index contributed by atoms with van der Waals surface area (Å²) in [4.78, 5) is 93.2. The number of halogens is 2. The molecule has 4 fully saturated rings. The first kappa shape index (κ1) is 105. The van der Waals surface area contributed by atoms with Gasteiger partial charge in [0.05, 0.1) is 75.8 Å². The lowest BCUT2D eigenvalue weighted by Crippen LogP contribution is -2.54. The minimum atomic E-state index is -1.44. The number of carbonyl (C=O) groups excluding carboxylic acids is 4. The molecule has 3 aliphatic heterocycles. The van der Waals surface area contributed by atoms with Crippen molar-refractivity contribution in [2.45, 2.75) is 136 Å². The molecule has 32 heteroatoms.